The van der Waals surface area contributed by atoms with Gasteiger partial charge in [-0.1, -0.05) is 18.2 Å². The van der Waals surface area contributed by atoms with Gasteiger partial charge in [-0.3, -0.25) is 5.41 Å². The van der Waals surface area contributed by atoms with Gasteiger partial charge in [-0.15, -0.1) is 0 Å². The van der Waals surface area contributed by atoms with Crippen molar-refractivity contribution in [3.8, 4) is 0 Å². The number of nitrogen functional groups attached to an aromatic ring is 1. The first-order valence-corrected chi connectivity index (χ1v) is 7.83. The normalized spacial score (nSPS) is 10.5. The Hall–Kier alpha value is -3.15. The Kier molecular flexibility index (Phi) is 4.86. The van der Waals surface area contributed by atoms with Crippen LogP contribution in [-0.4, -0.2) is 26.8 Å². The smallest absolute Gasteiger partial charge is 0.126 e. The number of imidazole rings is 1. The molecule has 4 N–H and O–H groups in total. The summed E-state index contributed by atoms with van der Waals surface area (Å²) in [5.41, 5.74) is 8.49. The van der Waals surface area contributed by atoms with Gasteiger partial charge in [0.2, 0.25) is 0 Å². The molecule has 0 atom stereocenters. The van der Waals surface area contributed by atoms with Gasteiger partial charge in [-0.05, 0) is 24.6 Å². The summed E-state index contributed by atoms with van der Waals surface area (Å²) < 4.78 is 2.04. The topological polar surface area (TPSA) is 92.6 Å². The minimum absolute atomic E-state index is 0.400. The van der Waals surface area contributed by atoms with Crippen molar-refractivity contribution >= 4 is 17.2 Å². The summed E-state index contributed by atoms with van der Waals surface area (Å²) in [6, 6.07) is 11.1. The molecule has 0 aliphatic carbocycles. The molecule has 24 heavy (non-hydrogen) atoms. The molecule has 3 aromatic rings. The molecular formula is C18H20N6. The summed E-state index contributed by atoms with van der Waals surface area (Å²) in [6.45, 7) is 1.71. The molecular weight excluding hydrogens is 300 g/mol. The number of rotatable bonds is 7. The van der Waals surface area contributed by atoms with E-state index in [1.807, 2.05) is 47.4 Å². The predicted octanol–water partition coefficient (Wildman–Crippen LogP) is 2.78. The van der Waals surface area contributed by atoms with E-state index in [1.54, 1.807) is 18.5 Å². The number of nitrogens with zero attached hydrogens (tertiary/aromatic N) is 3. The number of nitrogens with one attached hydrogen (secondary N) is 2. The molecule has 6 nitrogen and oxygen atoms in total. The van der Waals surface area contributed by atoms with Crippen LogP contribution in [0.5, 0.6) is 0 Å². The van der Waals surface area contributed by atoms with Crippen molar-refractivity contribution in [2.75, 3.05) is 17.6 Å². The molecule has 0 fully saturated rings. The van der Waals surface area contributed by atoms with Crippen LogP contribution in [0.4, 0.5) is 11.5 Å². The maximum absolute atomic E-state index is 8.37. The van der Waals surface area contributed by atoms with E-state index in [0.717, 1.165) is 36.5 Å². The molecule has 122 valence electrons. The minimum atomic E-state index is 0.400. The van der Waals surface area contributed by atoms with Gasteiger partial charge in [0.05, 0.1) is 12.0 Å². The maximum Gasteiger partial charge on any atom is 0.126 e. The fraction of sp³-hybridized carbons (Fsp3) is 0.167. The van der Waals surface area contributed by atoms with Crippen LogP contribution in [-0.2, 0) is 6.54 Å². The standard InChI is InChI=1S/C18H20N6/c19-16-5-2-1-4-15(16)18(20)14-6-8-23-17(12-14)22-7-3-10-24-11-9-21-13-24/h1-2,4-6,8-9,11-13,20H,3,7,10,19H2,(H,22,23). The number of benzene rings is 1. The molecule has 0 aliphatic heterocycles. The second-order valence-corrected chi connectivity index (χ2v) is 5.47. The lowest BCUT2D eigenvalue weighted by Gasteiger charge is -2.10. The molecule has 0 bridgehead atoms. The van der Waals surface area contributed by atoms with Crippen LogP contribution >= 0.6 is 0 Å². The number of para-hydroxylation sites is 1. The molecule has 0 radical (unpaired) electrons. The number of nitrogens with two attached hydrogens (primary N) is 1. The highest BCUT2D eigenvalue weighted by atomic mass is 15.0. The fourth-order valence-corrected chi connectivity index (χ4v) is 2.46. The van der Waals surface area contributed by atoms with Crippen molar-refractivity contribution in [2.24, 2.45) is 0 Å². The van der Waals surface area contributed by atoms with Gasteiger partial charge in [0, 0.05) is 48.5 Å². The van der Waals surface area contributed by atoms with Crippen molar-refractivity contribution in [1.82, 2.24) is 14.5 Å². The zero-order valence-electron chi connectivity index (χ0n) is 13.3. The van der Waals surface area contributed by atoms with Crippen molar-refractivity contribution in [1.29, 1.82) is 5.41 Å². The largest absolute Gasteiger partial charge is 0.398 e. The minimum Gasteiger partial charge on any atom is -0.398 e. The van der Waals surface area contributed by atoms with Gasteiger partial charge < -0.3 is 15.6 Å². The molecule has 0 amide bonds. The van der Waals surface area contributed by atoms with Crippen LogP contribution in [0.1, 0.15) is 17.5 Å². The molecule has 6 heteroatoms. The van der Waals surface area contributed by atoms with E-state index in [2.05, 4.69) is 15.3 Å². The van der Waals surface area contributed by atoms with Crippen LogP contribution < -0.4 is 11.1 Å². The van der Waals surface area contributed by atoms with Crippen LogP contribution in [0.15, 0.2) is 61.3 Å². The van der Waals surface area contributed by atoms with E-state index in [9.17, 15) is 0 Å². The first-order valence-electron chi connectivity index (χ1n) is 7.83. The van der Waals surface area contributed by atoms with E-state index in [4.69, 9.17) is 11.1 Å². The van der Waals surface area contributed by atoms with E-state index in [1.165, 1.54) is 0 Å². The van der Waals surface area contributed by atoms with Gasteiger partial charge >= 0.3 is 0 Å². The summed E-state index contributed by atoms with van der Waals surface area (Å²) in [5.74, 6) is 0.761. The van der Waals surface area contributed by atoms with E-state index >= 15 is 0 Å². The maximum atomic E-state index is 8.37. The zero-order valence-corrected chi connectivity index (χ0v) is 13.3. The molecule has 3 rings (SSSR count). The van der Waals surface area contributed by atoms with Crippen LogP contribution in [0.25, 0.3) is 0 Å². The summed E-state index contributed by atoms with van der Waals surface area (Å²) in [4.78, 5) is 8.34. The number of aromatic nitrogens is 3. The molecule has 0 spiro atoms. The highest BCUT2D eigenvalue weighted by molar-refractivity contribution is 6.13. The van der Waals surface area contributed by atoms with Gasteiger partial charge in [-0.25, -0.2) is 9.97 Å². The SMILES string of the molecule is N=C(c1ccnc(NCCCn2ccnc2)c1)c1ccccc1N. The average molecular weight is 320 g/mol. The monoisotopic (exact) mass is 320 g/mol. The fourth-order valence-electron chi connectivity index (χ4n) is 2.46. The third kappa shape index (κ3) is 3.78. The number of hydrogen-bond acceptors (Lipinski definition) is 5. The van der Waals surface area contributed by atoms with E-state index in [0.29, 0.717) is 11.4 Å². The quantitative estimate of drug-likeness (QED) is 0.354. The van der Waals surface area contributed by atoms with Crippen molar-refractivity contribution in [2.45, 2.75) is 13.0 Å². The second-order valence-electron chi connectivity index (χ2n) is 5.47. The van der Waals surface area contributed by atoms with Crippen LogP contribution in [0.3, 0.4) is 0 Å². The van der Waals surface area contributed by atoms with Crippen molar-refractivity contribution in [3.05, 3.63) is 72.4 Å². The third-order valence-corrected chi connectivity index (χ3v) is 3.74. The Morgan fingerprint density at radius 2 is 2.08 bits per heavy atom. The summed E-state index contributed by atoms with van der Waals surface area (Å²) >= 11 is 0. The lowest BCUT2D eigenvalue weighted by molar-refractivity contribution is 0.660. The molecule has 0 saturated heterocycles. The highest BCUT2D eigenvalue weighted by Crippen LogP contribution is 2.17. The van der Waals surface area contributed by atoms with Crippen molar-refractivity contribution in [3.63, 3.8) is 0 Å². The van der Waals surface area contributed by atoms with Crippen LogP contribution in [0.2, 0.25) is 0 Å². The lowest BCUT2D eigenvalue weighted by atomic mass is 10.0. The average Bonchev–Trinajstić information content (AvgIpc) is 3.12. The Balaban J connectivity index is 1.61. The van der Waals surface area contributed by atoms with Gasteiger partial charge in [0.25, 0.3) is 0 Å². The van der Waals surface area contributed by atoms with E-state index < -0.39 is 0 Å². The lowest BCUT2D eigenvalue weighted by Crippen LogP contribution is -2.09. The molecule has 0 unspecified atom stereocenters. The summed E-state index contributed by atoms with van der Waals surface area (Å²) in [7, 11) is 0. The van der Waals surface area contributed by atoms with Gasteiger partial charge in [0.1, 0.15) is 5.82 Å². The van der Waals surface area contributed by atoms with E-state index in [-0.39, 0.29) is 0 Å². The Bertz CT molecular complexity index is 810. The van der Waals surface area contributed by atoms with Crippen LogP contribution in [0, 0.1) is 5.41 Å². The summed E-state index contributed by atoms with van der Waals surface area (Å²) in [5, 5.41) is 11.7. The Morgan fingerprint density at radius 3 is 2.88 bits per heavy atom. The highest BCUT2D eigenvalue weighted by Gasteiger charge is 2.08. The molecule has 0 aliphatic rings. The molecule has 2 heterocycles. The Labute approximate surface area is 140 Å². The third-order valence-electron chi connectivity index (χ3n) is 3.74. The number of pyridine rings is 1. The molecule has 0 saturated carbocycles. The molecule has 1 aromatic carbocycles. The number of hydrogen-bond donors (Lipinski definition) is 3. The first-order chi connectivity index (χ1) is 11.7. The zero-order chi connectivity index (χ0) is 16.8. The Morgan fingerprint density at radius 1 is 1.21 bits per heavy atom. The van der Waals surface area contributed by atoms with Crippen molar-refractivity contribution < 1.29 is 0 Å². The second kappa shape index (κ2) is 7.41. The number of anilines is 2. The predicted molar refractivity (Wildman–Crippen MR) is 96.4 cm³/mol. The number of aryl methyl sites for hydroxylation is 1. The first kappa shape index (κ1) is 15.7. The van der Waals surface area contributed by atoms with Gasteiger partial charge in [0.15, 0.2) is 0 Å². The molecule has 2 aromatic heterocycles. The van der Waals surface area contributed by atoms with Gasteiger partial charge in [-0.2, -0.15) is 0 Å². The summed E-state index contributed by atoms with van der Waals surface area (Å²) in [6.07, 6.45) is 8.21.